The van der Waals surface area contributed by atoms with Crippen LogP contribution in [-0.4, -0.2) is 39.0 Å². The Morgan fingerprint density at radius 1 is 0.545 bits per heavy atom. The molecule has 0 fully saturated rings. The van der Waals surface area contributed by atoms with Crippen LogP contribution in [0.3, 0.4) is 0 Å². The average molecular weight is 464 g/mol. The van der Waals surface area contributed by atoms with E-state index in [9.17, 15) is 24.0 Å². The molecule has 10 nitrogen and oxygen atoms in total. The van der Waals surface area contributed by atoms with Gasteiger partial charge in [-0.15, -0.1) is 0 Å². The van der Waals surface area contributed by atoms with Gasteiger partial charge < -0.3 is 0 Å². The SMILES string of the molecule is CCCCCCn1c(=O)n(CCCCCCN=C=O)c(=O)n(CCCCCCN=C=O)c1=O. The first-order chi connectivity index (χ1) is 16.1. The van der Waals surface area contributed by atoms with Crippen LogP contribution in [0.4, 0.5) is 0 Å². The predicted octanol–water partition coefficient (Wildman–Crippen LogP) is 2.54. The fourth-order valence-electron chi connectivity index (χ4n) is 3.67. The highest BCUT2D eigenvalue weighted by atomic mass is 16.2. The van der Waals surface area contributed by atoms with Gasteiger partial charge in [0.1, 0.15) is 0 Å². The van der Waals surface area contributed by atoms with E-state index in [0.717, 1.165) is 64.2 Å². The lowest BCUT2D eigenvalue weighted by molar-refractivity contribution is 0.413. The van der Waals surface area contributed by atoms with Crippen LogP contribution in [0.5, 0.6) is 0 Å². The summed E-state index contributed by atoms with van der Waals surface area (Å²) in [4.78, 5) is 66.0. The van der Waals surface area contributed by atoms with Gasteiger partial charge in [0.2, 0.25) is 12.2 Å². The molecular weight excluding hydrogens is 426 g/mol. The van der Waals surface area contributed by atoms with E-state index >= 15 is 0 Å². The van der Waals surface area contributed by atoms with Crippen molar-refractivity contribution in [2.75, 3.05) is 13.1 Å². The lowest BCUT2D eigenvalue weighted by Crippen LogP contribution is -2.54. The van der Waals surface area contributed by atoms with Gasteiger partial charge in [0, 0.05) is 19.6 Å². The van der Waals surface area contributed by atoms with E-state index in [-0.39, 0.29) is 13.1 Å². The van der Waals surface area contributed by atoms with Crippen LogP contribution in [0.25, 0.3) is 0 Å². The average Bonchev–Trinajstić information content (AvgIpc) is 2.81. The van der Waals surface area contributed by atoms with E-state index in [0.29, 0.717) is 32.5 Å². The zero-order valence-electron chi connectivity index (χ0n) is 19.8. The summed E-state index contributed by atoms with van der Waals surface area (Å²) in [5.41, 5.74) is -1.61. The molecule has 1 rings (SSSR count). The number of rotatable bonds is 19. The molecule has 33 heavy (non-hydrogen) atoms. The number of aliphatic imine (C=N–C) groups is 2. The van der Waals surface area contributed by atoms with Crippen molar-refractivity contribution in [2.45, 2.75) is 104 Å². The van der Waals surface area contributed by atoms with Gasteiger partial charge in [-0.25, -0.2) is 47.7 Å². The maximum Gasteiger partial charge on any atom is 0.336 e. The second kappa shape index (κ2) is 17.7. The van der Waals surface area contributed by atoms with E-state index in [1.54, 1.807) is 0 Å². The molecule has 1 heterocycles. The zero-order valence-corrected chi connectivity index (χ0v) is 19.8. The number of nitrogens with zero attached hydrogens (tertiary/aromatic N) is 5. The third kappa shape index (κ3) is 10.6. The Bertz CT molecular complexity index is 897. The van der Waals surface area contributed by atoms with Gasteiger partial charge in [-0.1, -0.05) is 51.9 Å². The minimum atomic E-state index is -0.550. The number of isocyanates is 2. The van der Waals surface area contributed by atoms with Crippen molar-refractivity contribution in [2.24, 2.45) is 9.98 Å². The second-order valence-electron chi connectivity index (χ2n) is 8.14. The normalized spacial score (nSPS) is 10.6. The van der Waals surface area contributed by atoms with Crippen LogP contribution in [0.15, 0.2) is 24.4 Å². The number of hydrogen-bond acceptors (Lipinski definition) is 7. The Hall–Kier alpha value is -2.83. The standard InChI is InChI=1S/C23H37N5O5/c1-2-3-4-11-16-26-21(31)27(17-12-7-5-9-14-24-19-29)23(33)28(22(26)32)18-13-8-6-10-15-25-20-30/h2-18H2,1H3. The minimum Gasteiger partial charge on any atom is -0.247 e. The van der Waals surface area contributed by atoms with E-state index in [2.05, 4.69) is 16.9 Å². The van der Waals surface area contributed by atoms with Crippen molar-refractivity contribution in [3.63, 3.8) is 0 Å². The van der Waals surface area contributed by atoms with Gasteiger partial charge in [-0.05, 0) is 32.1 Å². The van der Waals surface area contributed by atoms with E-state index < -0.39 is 17.1 Å². The molecule has 0 N–H and O–H groups in total. The van der Waals surface area contributed by atoms with Gasteiger partial charge in [-0.3, -0.25) is 0 Å². The molecule has 0 saturated carbocycles. The molecule has 0 atom stereocenters. The van der Waals surface area contributed by atoms with Gasteiger partial charge >= 0.3 is 17.1 Å². The van der Waals surface area contributed by atoms with Crippen molar-refractivity contribution >= 4 is 12.2 Å². The highest BCUT2D eigenvalue weighted by molar-refractivity contribution is 5.32. The Labute approximate surface area is 194 Å². The monoisotopic (exact) mass is 463 g/mol. The summed E-state index contributed by atoms with van der Waals surface area (Å²) in [5.74, 6) is 0. The van der Waals surface area contributed by atoms with E-state index in [1.807, 2.05) is 0 Å². The molecule has 184 valence electrons. The van der Waals surface area contributed by atoms with Crippen molar-refractivity contribution < 1.29 is 9.59 Å². The summed E-state index contributed by atoms with van der Waals surface area (Å²) in [6.07, 6.45) is 12.8. The topological polar surface area (TPSA) is 125 Å². The summed E-state index contributed by atoms with van der Waals surface area (Å²) in [6.45, 7) is 3.78. The number of hydrogen-bond donors (Lipinski definition) is 0. The predicted molar refractivity (Wildman–Crippen MR) is 126 cm³/mol. The number of aromatic nitrogens is 3. The lowest BCUT2D eigenvalue weighted by Gasteiger charge is -2.14. The van der Waals surface area contributed by atoms with Gasteiger partial charge in [0.15, 0.2) is 0 Å². The maximum atomic E-state index is 12.9. The third-order valence-electron chi connectivity index (χ3n) is 5.55. The molecule has 0 aliphatic carbocycles. The van der Waals surface area contributed by atoms with E-state index in [4.69, 9.17) is 0 Å². The Balaban J connectivity index is 2.90. The van der Waals surface area contributed by atoms with Crippen molar-refractivity contribution in [3.05, 3.63) is 31.5 Å². The summed E-state index contributed by atoms with van der Waals surface area (Å²) in [6, 6.07) is 0. The van der Waals surface area contributed by atoms with Crippen LogP contribution >= 0.6 is 0 Å². The quantitative estimate of drug-likeness (QED) is 0.177. The summed E-state index contributed by atoms with van der Waals surface area (Å²) >= 11 is 0. The lowest BCUT2D eigenvalue weighted by atomic mass is 10.2. The van der Waals surface area contributed by atoms with Crippen LogP contribution < -0.4 is 17.1 Å². The Morgan fingerprint density at radius 2 is 0.879 bits per heavy atom. The van der Waals surface area contributed by atoms with Crippen LogP contribution in [0.1, 0.15) is 84.0 Å². The molecule has 10 heteroatoms. The first-order valence-corrected chi connectivity index (χ1v) is 12.1. The Kier molecular flexibility index (Phi) is 15.1. The van der Waals surface area contributed by atoms with Crippen LogP contribution in [0.2, 0.25) is 0 Å². The van der Waals surface area contributed by atoms with Gasteiger partial charge in [-0.2, -0.15) is 0 Å². The second-order valence-corrected chi connectivity index (χ2v) is 8.14. The fraction of sp³-hybridized carbons (Fsp3) is 0.783. The first-order valence-electron chi connectivity index (χ1n) is 12.1. The molecule has 0 amide bonds. The van der Waals surface area contributed by atoms with Gasteiger partial charge in [0.25, 0.3) is 0 Å². The number of unbranched alkanes of at least 4 members (excludes halogenated alkanes) is 9. The molecule has 0 spiro atoms. The van der Waals surface area contributed by atoms with Crippen molar-refractivity contribution in [1.82, 2.24) is 13.7 Å². The molecule has 0 radical (unpaired) electrons. The Morgan fingerprint density at radius 3 is 1.21 bits per heavy atom. The molecule has 1 aromatic heterocycles. The molecule has 0 aliphatic heterocycles. The van der Waals surface area contributed by atoms with Crippen LogP contribution in [0, 0.1) is 0 Å². The first kappa shape index (κ1) is 28.2. The largest absolute Gasteiger partial charge is 0.336 e. The maximum absolute atomic E-state index is 12.9. The minimum absolute atomic E-state index is 0.257. The van der Waals surface area contributed by atoms with Gasteiger partial charge in [0.05, 0.1) is 13.1 Å². The van der Waals surface area contributed by atoms with Crippen LogP contribution in [-0.2, 0) is 29.2 Å². The highest BCUT2D eigenvalue weighted by Crippen LogP contribution is 2.03. The zero-order chi connectivity index (χ0) is 24.3. The highest BCUT2D eigenvalue weighted by Gasteiger charge is 2.15. The smallest absolute Gasteiger partial charge is 0.247 e. The van der Waals surface area contributed by atoms with E-state index in [1.165, 1.54) is 25.9 Å². The molecular formula is C23H37N5O5. The molecule has 0 unspecified atom stereocenters. The number of carbonyl (C=O) groups excluding carboxylic acids is 2. The van der Waals surface area contributed by atoms with Crippen molar-refractivity contribution in [3.8, 4) is 0 Å². The summed E-state index contributed by atoms with van der Waals surface area (Å²) < 4.78 is 3.57. The molecule has 0 aliphatic rings. The third-order valence-corrected chi connectivity index (χ3v) is 5.55. The molecule has 0 aromatic carbocycles. The van der Waals surface area contributed by atoms with Crippen molar-refractivity contribution in [1.29, 1.82) is 0 Å². The molecule has 0 saturated heterocycles. The molecule has 0 bridgehead atoms. The fourth-order valence-corrected chi connectivity index (χ4v) is 3.67. The summed E-state index contributed by atoms with van der Waals surface area (Å²) in [7, 11) is 0. The molecule has 1 aromatic rings. The summed E-state index contributed by atoms with van der Waals surface area (Å²) in [5, 5.41) is 0.